The molecule has 1 aliphatic rings. The Hall–Kier alpha value is -1.66. The molecule has 0 saturated carbocycles. The average Bonchev–Trinajstić information content (AvgIpc) is 3.20. The first-order chi connectivity index (χ1) is 9.63. The Morgan fingerprint density at radius 1 is 1.35 bits per heavy atom. The normalized spacial score (nSPS) is 20.5. The molecule has 0 N–H and O–H groups in total. The van der Waals surface area contributed by atoms with Crippen molar-refractivity contribution in [1.29, 1.82) is 0 Å². The van der Waals surface area contributed by atoms with Crippen LogP contribution in [0.5, 0.6) is 0 Å². The summed E-state index contributed by atoms with van der Waals surface area (Å²) in [5, 5.41) is 0. The van der Waals surface area contributed by atoms with Gasteiger partial charge in [0.15, 0.2) is 0 Å². The highest BCUT2D eigenvalue weighted by Crippen LogP contribution is 2.32. The van der Waals surface area contributed by atoms with Crippen LogP contribution in [-0.2, 0) is 25.4 Å². The third-order valence-electron chi connectivity index (χ3n) is 2.98. The molecule has 1 fully saturated rings. The van der Waals surface area contributed by atoms with Gasteiger partial charge in [-0.3, -0.25) is 0 Å². The monoisotopic (exact) mass is 284 g/mol. The van der Waals surface area contributed by atoms with E-state index >= 15 is 0 Å². The number of hydrogen-bond acceptors (Lipinski definition) is 5. The minimum Gasteiger partial charge on any atom is -0.438 e. The molecule has 0 aromatic heterocycles. The lowest BCUT2D eigenvalue weighted by Gasteiger charge is -2.12. The molecule has 1 unspecified atom stereocenters. The third-order valence-corrected chi connectivity index (χ3v) is 2.98. The second kappa shape index (κ2) is 6.67. The maximum Gasteiger partial charge on any atom is 0.510 e. The molecule has 0 aliphatic carbocycles. The number of benzene rings is 1. The van der Waals surface area contributed by atoms with Crippen LogP contribution in [0.25, 0.3) is 0 Å². The van der Waals surface area contributed by atoms with Crippen molar-refractivity contribution in [2.75, 3.05) is 26.9 Å². The summed E-state index contributed by atoms with van der Waals surface area (Å²) in [4.78, 5) is 11.0. The number of carbonyl (C=O) groups excluding carboxylic acids is 1. The highest BCUT2D eigenvalue weighted by Gasteiger charge is 2.49. The molecule has 110 valence electrons. The van der Waals surface area contributed by atoms with Gasteiger partial charge in [0.2, 0.25) is 5.79 Å². The number of epoxide rings is 1. The van der Waals surface area contributed by atoms with Gasteiger partial charge in [-0.05, 0) is 24.1 Å². The molecule has 1 aliphatic heterocycles. The molecule has 0 radical (unpaired) electrons. The summed E-state index contributed by atoms with van der Waals surface area (Å²) in [5.41, 5.74) is 1.01. The molecular formula is C14H17FO5. The van der Waals surface area contributed by atoms with Crippen molar-refractivity contribution in [1.82, 2.24) is 0 Å². The molecule has 0 amide bonds. The minimum absolute atomic E-state index is 0.248. The summed E-state index contributed by atoms with van der Waals surface area (Å²) in [6.45, 7) is 1.29. The van der Waals surface area contributed by atoms with Crippen LogP contribution in [0.4, 0.5) is 9.18 Å². The van der Waals surface area contributed by atoms with E-state index in [-0.39, 0.29) is 5.82 Å². The van der Waals surface area contributed by atoms with Gasteiger partial charge in [0, 0.05) is 6.42 Å². The lowest BCUT2D eigenvalue weighted by atomic mass is 10.2. The standard InChI is InChI=1S/C14H17FO5/c1-17-13(16)20-14(10-19-14)7-9-18-8-6-11-2-4-12(15)5-3-11/h2-5H,6-10H2,1H3. The number of ether oxygens (including phenoxy) is 4. The van der Waals surface area contributed by atoms with Crippen molar-refractivity contribution < 1.29 is 28.1 Å². The molecular weight excluding hydrogens is 267 g/mol. The van der Waals surface area contributed by atoms with Crippen molar-refractivity contribution in [3.63, 3.8) is 0 Å². The Bertz CT molecular complexity index is 441. The van der Waals surface area contributed by atoms with Crippen LogP contribution < -0.4 is 0 Å². The molecule has 2 rings (SSSR count). The number of hydrogen-bond donors (Lipinski definition) is 0. The number of carbonyl (C=O) groups is 1. The van der Waals surface area contributed by atoms with Gasteiger partial charge in [-0.15, -0.1) is 0 Å². The fourth-order valence-corrected chi connectivity index (χ4v) is 1.70. The Morgan fingerprint density at radius 2 is 2.05 bits per heavy atom. The molecule has 5 nitrogen and oxygen atoms in total. The molecule has 20 heavy (non-hydrogen) atoms. The van der Waals surface area contributed by atoms with E-state index in [1.807, 2.05) is 0 Å². The maximum absolute atomic E-state index is 12.7. The van der Waals surface area contributed by atoms with E-state index in [1.165, 1.54) is 19.2 Å². The third kappa shape index (κ3) is 4.47. The van der Waals surface area contributed by atoms with Gasteiger partial charge in [0.05, 0.1) is 20.3 Å². The minimum atomic E-state index is -0.872. The van der Waals surface area contributed by atoms with E-state index in [0.717, 1.165) is 5.56 Å². The predicted octanol–water partition coefficient (Wildman–Crippen LogP) is 2.28. The zero-order valence-electron chi connectivity index (χ0n) is 11.3. The van der Waals surface area contributed by atoms with E-state index in [9.17, 15) is 9.18 Å². The highest BCUT2D eigenvalue weighted by molar-refractivity contribution is 5.60. The first-order valence-electron chi connectivity index (χ1n) is 6.37. The van der Waals surface area contributed by atoms with Crippen molar-refractivity contribution in [2.24, 2.45) is 0 Å². The number of rotatable bonds is 7. The van der Waals surface area contributed by atoms with Crippen molar-refractivity contribution in [2.45, 2.75) is 18.6 Å². The highest BCUT2D eigenvalue weighted by atomic mass is 19.1. The molecule has 1 heterocycles. The van der Waals surface area contributed by atoms with E-state index < -0.39 is 11.9 Å². The Labute approximate surface area is 116 Å². The molecule has 1 atom stereocenters. The Balaban J connectivity index is 1.60. The van der Waals surface area contributed by atoms with Crippen molar-refractivity contribution in [3.8, 4) is 0 Å². The van der Waals surface area contributed by atoms with E-state index in [2.05, 4.69) is 4.74 Å². The predicted molar refractivity (Wildman–Crippen MR) is 67.7 cm³/mol. The second-order valence-corrected chi connectivity index (χ2v) is 4.49. The van der Waals surface area contributed by atoms with Crippen molar-refractivity contribution >= 4 is 6.16 Å². The van der Waals surface area contributed by atoms with E-state index in [0.29, 0.717) is 32.7 Å². The number of methoxy groups -OCH3 is 1. The fourth-order valence-electron chi connectivity index (χ4n) is 1.70. The zero-order chi connectivity index (χ0) is 14.4. The molecule has 1 aromatic carbocycles. The molecule has 1 saturated heterocycles. The van der Waals surface area contributed by atoms with Crippen LogP contribution >= 0.6 is 0 Å². The summed E-state index contributed by atoms with van der Waals surface area (Å²) >= 11 is 0. The van der Waals surface area contributed by atoms with E-state index in [4.69, 9.17) is 14.2 Å². The Kier molecular flexibility index (Phi) is 4.92. The summed E-state index contributed by atoms with van der Waals surface area (Å²) in [6.07, 6.45) is 0.408. The van der Waals surface area contributed by atoms with Crippen LogP contribution in [0.3, 0.4) is 0 Å². The first-order valence-corrected chi connectivity index (χ1v) is 6.37. The lowest BCUT2D eigenvalue weighted by molar-refractivity contribution is -0.0440. The van der Waals surface area contributed by atoms with Crippen LogP contribution in [-0.4, -0.2) is 38.9 Å². The van der Waals surface area contributed by atoms with Gasteiger partial charge in [-0.25, -0.2) is 9.18 Å². The maximum atomic E-state index is 12.7. The zero-order valence-corrected chi connectivity index (χ0v) is 11.3. The van der Waals surface area contributed by atoms with Crippen molar-refractivity contribution in [3.05, 3.63) is 35.6 Å². The SMILES string of the molecule is COC(=O)OC1(CCOCCc2ccc(F)cc2)CO1. The van der Waals surface area contributed by atoms with Gasteiger partial charge in [0.1, 0.15) is 12.4 Å². The fraction of sp³-hybridized carbons (Fsp3) is 0.500. The van der Waals surface area contributed by atoms with Gasteiger partial charge in [0.25, 0.3) is 0 Å². The number of halogens is 1. The molecule has 0 spiro atoms. The van der Waals surface area contributed by atoms with Crippen LogP contribution in [0.1, 0.15) is 12.0 Å². The summed E-state index contributed by atoms with van der Waals surface area (Å²) < 4.78 is 32.6. The molecule has 1 aromatic rings. The topological polar surface area (TPSA) is 57.3 Å². The van der Waals surface area contributed by atoms with Gasteiger partial charge in [-0.2, -0.15) is 0 Å². The van der Waals surface area contributed by atoms with Crippen LogP contribution in [0, 0.1) is 5.82 Å². The Morgan fingerprint density at radius 3 is 2.65 bits per heavy atom. The smallest absolute Gasteiger partial charge is 0.438 e. The summed E-state index contributed by atoms with van der Waals surface area (Å²) in [7, 11) is 1.25. The van der Waals surface area contributed by atoms with Crippen LogP contribution in [0.15, 0.2) is 24.3 Å². The van der Waals surface area contributed by atoms with Crippen LogP contribution in [0.2, 0.25) is 0 Å². The molecule has 0 bridgehead atoms. The second-order valence-electron chi connectivity index (χ2n) is 4.49. The summed E-state index contributed by atoms with van der Waals surface area (Å²) in [5.74, 6) is -1.12. The van der Waals surface area contributed by atoms with Gasteiger partial charge < -0.3 is 18.9 Å². The quantitative estimate of drug-likeness (QED) is 0.437. The van der Waals surface area contributed by atoms with Gasteiger partial charge in [-0.1, -0.05) is 12.1 Å². The van der Waals surface area contributed by atoms with Gasteiger partial charge >= 0.3 is 6.16 Å². The molecule has 6 heteroatoms. The first kappa shape index (κ1) is 14.7. The lowest BCUT2D eigenvalue weighted by Crippen LogP contribution is -2.23. The average molecular weight is 284 g/mol. The largest absolute Gasteiger partial charge is 0.510 e. The van der Waals surface area contributed by atoms with E-state index in [1.54, 1.807) is 12.1 Å². The summed E-state index contributed by atoms with van der Waals surface area (Å²) in [6, 6.07) is 6.30.